The maximum atomic E-state index is 6.04. The van der Waals surface area contributed by atoms with Crippen molar-refractivity contribution >= 4 is 22.6 Å². The van der Waals surface area contributed by atoms with Crippen LogP contribution < -0.4 is 5.32 Å². The molecular formula is C17H18ClNO2. The number of aryl methyl sites for hydroxylation is 1. The first kappa shape index (κ1) is 14.2. The van der Waals surface area contributed by atoms with Gasteiger partial charge in [-0.15, -0.1) is 0 Å². The highest BCUT2D eigenvalue weighted by molar-refractivity contribution is 6.31. The van der Waals surface area contributed by atoms with Gasteiger partial charge in [0, 0.05) is 16.0 Å². The predicted molar refractivity (Wildman–Crippen MR) is 84.8 cm³/mol. The van der Waals surface area contributed by atoms with E-state index in [-0.39, 0.29) is 6.04 Å². The number of rotatable bonds is 5. The van der Waals surface area contributed by atoms with Gasteiger partial charge in [0.1, 0.15) is 17.1 Å². The molecule has 2 aromatic heterocycles. The Morgan fingerprint density at radius 3 is 2.81 bits per heavy atom. The zero-order valence-electron chi connectivity index (χ0n) is 12.2. The molecule has 0 saturated heterocycles. The normalized spacial score (nSPS) is 12.9. The molecule has 3 rings (SSSR count). The van der Waals surface area contributed by atoms with Crippen LogP contribution in [0.3, 0.4) is 0 Å². The standard InChI is InChI=1S/C17H18ClNO2/c1-3-6-19-17(13-7-11(2)20-10-13)16-9-12-8-14(18)4-5-15(12)21-16/h4-5,7-10,17,19H,3,6H2,1-2H3. The van der Waals surface area contributed by atoms with Gasteiger partial charge in [-0.05, 0) is 50.2 Å². The van der Waals surface area contributed by atoms with E-state index in [1.54, 1.807) is 6.26 Å². The van der Waals surface area contributed by atoms with E-state index >= 15 is 0 Å². The molecule has 1 aromatic carbocycles. The maximum Gasteiger partial charge on any atom is 0.134 e. The smallest absolute Gasteiger partial charge is 0.134 e. The van der Waals surface area contributed by atoms with Crippen molar-refractivity contribution in [3.63, 3.8) is 0 Å². The van der Waals surface area contributed by atoms with Crippen molar-refractivity contribution in [3.8, 4) is 0 Å². The van der Waals surface area contributed by atoms with E-state index in [4.69, 9.17) is 20.4 Å². The van der Waals surface area contributed by atoms with Gasteiger partial charge in [-0.2, -0.15) is 0 Å². The second-order valence-corrected chi connectivity index (χ2v) is 5.65. The SMILES string of the molecule is CCCNC(c1coc(C)c1)c1cc2cc(Cl)ccc2o1. The number of furan rings is 2. The molecule has 1 N–H and O–H groups in total. The van der Waals surface area contributed by atoms with Gasteiger partial charge in [-0.25, -0.2) is 0 Å². The molecule has 0 radical (unpaired) electrons. The third-order valence-electron chi connectivity index (χ3n) is 3.46. The summed E-state index contributed by atoms with van der Waals surface area (Å²) in [5, 5.41) is 5.23. The summed E-state index contributed by atoms with van der Waals surface area (Å²) in [7, 11) is 0. The lowest BCUT2D eigenvalue weighted by Crippen LogP contribution is -2.22. The number of hydrogen-bond donors (Lipinski definition) is 1. The van der Waals surface area contributed by atoms with Crippen LogP contribution in [0.4, 0.5) is 0 Å². The van der Waals surface area contributed by atoms with E-state index in [0.717, 1.165) is 41.0 Å². The Morgan fingerprint density at radius 2 is 2.10 bits per heavy atom. The minimum atomic E-state index is -0.00595. The fourth-order valence-corrected chi connectivity index (χ4v) is 2.64. The Hall–Kier alpha value is -1.71. The van der Waals surface area contributed by atoms with E-state index in [1.807, 2.05) is 37.3 Å². The van der Waals surface area contributed by atoms with Crippen molar-refractivity contribution in [2.75, 3.05) is 6.54 Å². The van der Waals surface area contributed by atoms with Gasteiger partial charge >= 0.3 is 0 Å². The lowest BCUT2D eigenvalue weighted by molar-refractivity contribution is 0.463. The second-order valence-electron chi connectivity index (χ2n) is 5.21. The first-order valence-corrected chi connectivity index (χ1v) is 7.52. The van der Waals surface area contributed by atoms with Crippen LogP contribution in [-0.2, 0) is 0 Å². The Bertz CT molecular complexity index is 744. The van der Waals surface area contributed by atoms with E-state index in [2.05, 4.69) is 12.2 Å². The van der Waals surface area contributed by atoms with Crippen LogP contribution >= 0.6 is 11.6 Å². The van der Waals surface area contributed by atoms with E-state index in [9.17, 15) is 0 Å². The topological polar surface area (TPSA) is 38.3 Å². The highest BCUT2D eigenvalue weighted by atomic mass is 35.5. The lowest BCUT2D eigenvalue weighted by Gasteiger charge is -2.14. The summed E-state index contributed by atoms with van der Waals surface area (Å²) in [6.07, 6.45) is 2.84. The van der Waals surface area contributed by atoms with E-state index in [0.29, 0.717) is 5.02 Å². The van der Waals surface area contributed by atoms with Crippen molar-refractivity contribution in [1.29, 1.82) is 0 Å². The fourth-order valence-electron chi connectivity index (χ4n) is 2.46. The molecule has 21 heavy (non-hydrogen) atoms. The van der Waals surface area contributed by atoms with Gasteiger partial charge in [-0.3, -0.25) is 0 Å². The van der Waals surface area contributed by atoms with Crippen molar-refractivity contribution in [1.82, 2.24) is 5.32 Å². The van der Waals surface area contributed by atoms with Crippen LogP contribution in [0, 0.1) is 6.92 Å². The molecular weight excluding hydrogens is 286 g/mol. The summed E-state index contributed by atoms with van der Waals surface area (Å²) in [5.41, 5.74) is 1.92. The minimum Gasteiger partial charge on any atom is -0.469 e. The Kier molecular flexibility index (Phi) is 4.04. The second kappa shape index (κ2) is 5.96. The van der Waals surface area contributed by atoms with Gasteiger partial charge in [0.05, 0.1) is 12.3 Å². The van der Waals surface area contributed by atoms with E-state index in [1.165, 1.54) is 0 Å². The molecule has 3 aromatic rings. The summed E-state index contributed by atoms with van der Waals surface area (Å²) in [5.74, 6) is 1.77. The number of fused-ring (bicyclic) bond motifs is 1. The van der Waals surface area contributed by atoms with Gasteiger partial charge < -0.3 is 14.2 Å². The monoisotopic (exact) mass is 303 g/mol. The maximum absolute atomic E-state index is 6.04. The molecule has 1 atom stereocenters. The quantitative estimate of drug-likeness (QED) is 0.714. The fraction of sp³-hybridized carbons (Fsp3) is 0.294. The number of nitrogens with one attached hydrogen (secondary N) is 1. The molecule has 0 amide bonds. The van der Waals surface area contributed by atoms with E-state index < -0.39 is 0 Å². The molecule has 0 bridgehead atoms. The summed E-state index contributed by atoms with van der Waals surface area (Å²) in [6, 6.07) is 9.73. The van der Waals surface area contributed by atoms with Crippen LogP contribution in [0.1, 0.15) is 36.5 Å². The Morgan fingerprint density at radius 1 is 1.24 bits per heavy atom. The summed E-state index contributed by atoms with van der Waals surface area (Å²) < 4.78 is 11.4. The average molecular weight is 304 g/mol. The highest BCUT2D eigenvalue weighted by Gasteiger charge is 2.19. The highest BCUT2D eigenvalue weighted by Crippen LogP contribution is 2.30. The molecule has 3 nitrogen and oxygen atoms in total. The molecule has 0 saturated carbocycles. The largest absolute Gasteiger partial charge is 0.469 e. The number of halogens is 1. The first-order chi connectivity index (χ1) is 10.2. The summed E-state index contributed by atoms with van der Waals surface area (Å²) in [4.78, 5) is 0. The molecule has 0 aliphatic heterocycles. The van der Waals surface area contributed by atoms with Crippen LogP contribution in [0.15, 0.2) is 45.4 Å². The van der Waals surface area contributed by atoms with Crippen LogP contribution in [0.25, 0.3) is 11.0 Å². The van der Waals surface area contributed by atoms with Gasteiger partial charge in [0.15, 0.2) is 0 Å². The van der Waals surface area contributed by atoms with Crippen LogP contribution in [0.2, 0.25) is 5.02 Å². The van der Waals surface area contributed by atoms with Gasteiger partial charge in [0.25, 0.3) is 0 Å². The molecule has 0 aliphatic rings. The van der Waals surface area contributed by atoms with Crippen LogP contribution in [0.5, 0.6) is 0 Å². The first-order valence-electron chi connectivity index (χ1n) is 7.15. The third-order valence-corrected chi connectivity index (χ3v) is 3.70. The molecule has 110 valence electrons. The summed E-state index contributed by atoms with van der Waals surface area (Å²) in [6.45, 7) is 4.99. The van der Waals surface area contributed by atoms with Gasteiger partial charge in [-0.1, -0.05) is 18.5 Å². The molecule has 0 spiro atoms. The lowest BCUT2D eigenvalue weighted by atomic mass is 10.1. The zero-order valence-corrected chi connectivity index (χ0v) is 12.9. The summed E-state index contributed by atoms with van der Waals surface area (Å²) >= 11 is 6.04. The van der Waals surface area contributed by atoms with Crippen LogP contribution in [-0.4, -0.2) is 6.54 Å². The number of hydrogen-bond acceptors (Lipinski definition) is 3. The van der Waals surface area contributed by atoms with Crippen molar-refractivity contribution in [2.45, 2.75) is 26.3 Å². The molecule has 4 heteroatoms. The number of benzene rings is 1. The molecule has 0 aliphatic carbocycles. The molecule has 2 heterocycles. The van der Waals surface area contributed by atoms with Crippen molar-refractivity contribution < 1.29 is 8.83 Å². The average Bonchev–Trinajstić information content (AvgIpc) is 3.05. The predicted octanol–water partition coefficient (Wildman–Crippen LogP) is 5.08. The van der Waals surface area contributed by atoms with Crippen molar-refractivity contribution in [2.24, 2.45) is 0 Å². The molecule has 0 fully saturated rings. The Balaban J connectivity index is 2.00. The zero-order chi connectivity index (χ0) is 14.8. The third kappa shape index (κ3) is 2.99. The Labute approximate surface area is 128 Å². The van der Waals surface area contributed by atoms with Gasteiger partial charge in [0.2, 0.25) is 0 Å². The molecule has 1 unspecified atom stereocenters. The van der Waals surface area contributed by atoms with Crippen molar-refractivity contribution in [3.05, 3.63) is 58.7 Å². The minimum absolute atomic E-state index is 0.00595.